The summed E-state index contributed by atoms with van der Waals surface area (Å²) in [5.41, 5.74) is 3.95. The molecule has 0 radical (unpaired) electrons. The van der Waals surface area contributed by atoms with Crippen LogP contribution in [0.15, 0.2) is 29.6 Å². The first-order valence-corrected chi connectivity index (χ1v) is 10.5. The summed E-state index contributed by atoms with van der Waals surface area (Å²) in [7, 11) is 0. The fourth-order valence-corrected chi connectivity index (χ4v) is 4.59. The minimum Gasteiger partial charge on any atom is -0.396 e. The summed E-state index contributed by atoms with van der Waals surface area (Å²) in [5, 5.41) is 12.9. The molecule has 0 saturated carbocycles. The predicted octanol–water partition coefficient (Wildman–Crippen LogP) is 3.64. The number of aliphatic hydroxyl groups excluding tert-OH is 1. The van der Waals surface area contributed by atoms with Gasteiger partial charge in [0.1, 0.15) is 5.01 Å². The van der Waals surface area contributed by atoms with Crippen LogP contribution in [0.25, 0.3) is 0 Å². The number of hydrogen-bond donors (Lipinski definition) is 1. The highest BCUT2D eigenvalue weighted by molar-refractivity contribution is 7.09. The standard InChI is InChI=1S/C21H31N3OS/c1-16(2)20-15-26-21(22-20)14-23-9-10-24(19(13-23)8-11-25)12-18-7-5-4-6-17(18)3/h4-7,15-16,19,25H,8-14H2,1-3H3. The van der Waals surface area contributed by atoms with Gasteiger partial charge >= 0.3 is 0 Å². The van der Waals surface area contributed by atoms with Crippen LogP contribution in [0.2, 0.25) is 0 Å². The molecule has 2 aromatic rings. The van der Waals surface area contributed by atoms with Crippen LogP contribution in [0.4, 0.5) is 0 Å². The van der Waals surface area contributed by atoms with E-state index in [0.29, 0.717) is 12.0 Å². The van der Waals surface area contributed by atoms with Crippen molar-refractivity contribution in [3.05, 3.63) is 51.5 Å². The maximum atomic E-state index is 9.54. The Labute approximate surface area is 161 Å². The Bertz CT molecular complexity index is 700. The van der Waals surface area contributed by atoms with E-state index < -0.39 is 0 Å². The summed E-state index contributed by atoms with van der Waals surface area (Å²) >= 11 is 1.78. The van der Waals surface area contributed by atoms with Crippen LogP contribution in [-0.4, -0.2) is 52.2 Å². The first-order chi connectivity index (χ1) is 12.6. The van der Waals surface area contributed by atoms with E-state index >= 15 is 0 Å². The smallest absolute Gasteiger partial charge is 0.107 e. The summed E-state index contributed by atoms with van der Waals surface area (Å²) in [5.74, 6) is 0.494. The molecule has 4 nitrogen and oxygen atoms in total. The highest BCUT2D eigenvalue weighted by Crippen LogP contribution is 2.22. The second-order valence-corrected chi connectivity index (χ2v) is 8.56. The minimum atomic E-state index is 0.248. The minimum absolute atomic E-state index is 0.248. The van der Waals surface area contributed by atoms with Crippen molar-refractivity contribution in [2.24, 2.45) is 0 Å². The summed E-state index contributed by atoms with van der Waals surface area (Å²) in [6, 6.07) is 9.02. The van der Waals surface area contributed by atoms with Gasteiger partial charge in [0.05, 0.1) is 12.2 Å². The van der Waals surface area contributed by atoms with E-state index in [1.165, 1.54) is 21.8 Å². The van der Waals surface area contributed by atoms with E-state index in [2.05, 4.69) is 60.2 Å². The normalized spacial score (nSPS) is 19.3. The van der Waals surface area contributed by atoms with Gasteiger partial charge in [0.2, 0.25) is 0 Å². The topological polar surface area (TPSA) is 39.6 Å². The van der Waals surface area contributed by atoms with Crippen LogP contribution in [0.5, 0.6) is 0 Å². The molecule has 1 aliphatic heterocycles. The maximum absolute atomic E-state index is 9.54. The Hall–Kier alpha value is -1.27. The number of aliphatic hydroxyl groups is 1. The predicted molar refractivity (Wildman–Crippen MR) is 109 cm³/mol. The van der Waals surface area contributed by atoms with Crippen molar-refractivity contribution in [2.75, 3.05) is 26.2 Å². The second-order valence-electron chi connectivity index (χ2n) is 7.62. The van der Waals surface area contributed by atoms with Gasteiger partial charge in [-0.1, -0.05) is 38.1 Å². The van der Waals surface area contributed by atoms with Crippen LogP contribution >= 0.6 is 11.3 Å². The molecule has 1 saturated heterocycles. The first-order valence-electron chi connectivity index (χ1n) is 9.63. The van der Waals surface area contributed by atoms with Crippen molar-refractivity contribution in [3.63, 3.8) is 0 Å². The van der Waals surface area contributed by atoms with Crippen molar-refractivity contribution >= 4 is 11.3 Å². The van der Waals surface area contributed by atoms with Crippen LogP contribution in [0.1, 0.15) is 48.0 Å². The summed E-state index contributed by atoms with van der Waals surface area (Å²) < 4.78 is 0. The lowest BCUT2D eigenvalue weighted by molar-refractivity contribution is 0.0498. The Morgan fingerprint density at radius 2 is 2.04 bits per heavy atom. The highest BCUT2D eigenvalue weighted by atomic mass is 32.1. The van der Waals surface area contributed by atoms with Gasteiger partial charge in [-0.3, -0.25) is 9.80 Å². The molecule has 3 rings (SSSR count). The molecule has 2 heterocycles. The lowest BCUT2D eigenvalue weighted by Gasteiger charge is -2.41. The first kappa shape index (κ1) is 19.5. The van der Waals surface area contributed by atoms with E-state index in [-0.39, 0.29) is 6.61 Å². The zero-order valence-electron chi connectivity index (χ0n) is 16.2. The number of hydrogen-bond acceptors (Lipinski definition) is 5. The third-order valence-electron chi connectivity index (χ3n) is 5.31. The van der Waals surface area contributed by atoms with Crippen LogP contribution < -0.4 is 0 Å². The highest BCUT2D eigenvalue weighted by Gasteiger charge is 2.27. The lowest BCUT2D eigenvalue weighted by Crippen LogP contribution is -2.52. The van der Waals surface area contributed by atoms with E-state index in [1.807, 2.05) is 0 Å². The van der Waals surface area contributed by atoms with Crippen molar-refractivity contribution < 1.29 is 5.11 Å². The molecule has 1 aromatic carbocycles. The Morgan fingerprint density at radius 3 is 2.73 bits per heavy atom. The molecule has 0 aliphatic carbocycles. The number of benzene rings is 1. The molecule has 26 heavy (non-hydrogen) atoms. The average Bonchev–Trinajstić information content (AvgIpc) is 3.08. The average molecular weight is 374 g/mol. The van der Waals surface area contributed by atoms with Gasteiger partial charge in [0.25, 0.3) is 0 Å². The number of piperazine rings is 1. The Balaban J connectivity index is 1.62. The van der Waals surface area contributed by atoms with E-state index in [9.17, 15) is 5.11 Å². The van der Waals surface area contributed by atoms with Crippen LogP contribution in [-0.2, 0) is 13.1 Å². The molecular formula is C21H31N3OS. The molecule has 142 valence electrons. The number of rotatable bonds is 7. The molecule has 5 heteroatoms. The number of nitrogens with zero attached hydrogens (tertiary/aromatic N) is 3. The molecule has 1 aliphatic rings. The van der Waals surface area contributed by atoms with Gasteiger partial charge in [-0.05, 0) is 30.4 Å². The molecule has 0 bridgehead atoms. The van der Waals surface area contributed by atoms with Crippen molar-refractivity contribution in [3.8, 4) is 0 Å². The molecule has 1 N–H and O–H groups in total. The summed E-state index contributed by atoms with van der Waals surface area (Å²) in [6.45, 7) is 11.8. The van der Waals surface area contributed by atoms with Gasteiger partial charge in [-0.25, -0.2) is 4.98 Å². The maximum Gasteiger partial charge on any atom is 0.107 e. The quantitative estimate of drug-likeness (QED) is 0.804. The van der Waals surface area contributed by atoms with Crippen molar-refractivity contribution in [1.82, 2.24) is 14.8 Å². The largest absolute Gasteiger partial charge is 0.396 e. The third-order valence-corrected chi connectivity index (χ3v) is 6.16. The zero-order valence-corrected chi connectivity index (χ0v) is 17.0. The Morgan fingerprint density at radius 1 is 1.23 bits per heavy atom. The number of aromatic nitrogens is 1. The van der Waals surface area contributed by atoms with Gasteiger partial charge in [-0.2, -0.15) is 0 Å². The fourth-order valence-electron chi connectivity index (χ4n) is 3.59. The Kier molecular flexibility index (Phi) is 6.81. The van der Waals surface area contributed by atoms with Crippen molar-refractivity contribution in [1.29, 1.82) is 0 Å². The lowest BCUT2D eigenvalue weighted by atomic mass is 10.0. The second kappa shape index (κ2) is 9.09. The van der Waals surface area contributed by atoms with Crippen LogP contribution in [0.3, 0.4) is 0 Å². The number of thiazole rings is 1. The zero-order chi connectivity index (χ0) is 18.5. The van der Waals surface area contributed by atoms with Crippen LogP contribution in [0, 0.1) is 6.92 Å². The van der Waals surface area contributed by atoms with E-state index in [0.717, 1.165) is 39.1 Å². The van der Waals surface area contributed by atoms with Gasteiger partial charge in [-0.15, -0.1) is 11.3 Å². The summed E-state index contributed by atoms with van der Waals surface area (Å²) in [6.07, 6.45) is 0.831. The monoisotopic (exact) mass is 373 g/mol. The molecule has 1 atom stereocenters. The van der Waals surface area contributed by atoms with Crippen molar-refractivity contribution in [2.45, 2.75) is 52.2 Å². The molecule has 0 amide bonds. The van der Waals surface area contributed by atoms with E-state index in [4.69, 9.17) is 4.98 Å². The summed E-state index contributed by atoms with van der Waals surface area (Å²) in [4.78, 5) is 9.82. The fraction of sp³-hybridized carbons (Fsp3) is 0.571. The SMILES string of the molecule is Cc1ccccc1CN1CCN(Cc2nc(C(C)C)cs2)CC1CCO. The molecular weight excluding hydrogens is 342 g/mol. The third kappa shape index (κ3) is 4.92. The molecule has 1 fully saturated rings. The molecule has 0 spiro atoms. The number of aryl methyl sites for hydroxylation is 1. The van der Waals surface area contributed by atoms with Gasteiger partial charge < -0.3 is 5.11 Å². The van der Waals surface area contributed by atoms with Gasteiger partial charge in [0.15, 0.2) is 0 Å². The van der Waals surface area contributed by atoms with Gasteiger partial charge in [0, 0.05) is 44.2 Å². The molecule has 1 aromatic heterocycles. The molecule has 1 unspecified atom stereocenters. The van der Waals surface area contributed by atoms with E-state index in [1.54, 1.807) is 11.3 Å².